The third-order valence-corrected chi connectivity index (χ3v) is 7.82. The van der Waals surface area contributed by atoms with Crippen LogP contribution in [0.25, 0.3) is 0 Å². The maximum absolute atomic E-state index is 13.0. The summed E-state index contributed by atoms with van der Waals surface area (Å²) in [7, 11) is 3.82. The lowest BCUT2D eigenvalue weighted by atomic mass is 9.92. The first-order valence-electron chi connectivity index (χ1n) is 14.7. The van der Waals surface area contributed by atoms with Gasteiger partial charge in [-0.3, -0.25) is 4.99 Å². The van der Waals surface area contributed by atoms with Crippen molar-refractivity contribution in [2.75, 3.05) is 20.6 Å². The van der Waals surface area contributed by atoms with Crippen molar-refractivity contribution >= 4 is 5.71 Å². The smallest absolute Gasteiger partial charge is 0.248 e. The van der Waals surface area contributed by atoms with E-state index in [9.17, 15) is 8.78 Å². The number of alkyl halides is 2. The minimum Gasteiger partial charge on any atom is -0.316 e. The van der Waals surface area contributed by atoms with Gasteiger partial charge >= 0.3 is 0 Å². The van der Waals surface area contributed by atoms with Gasteiger partial charge in [-0.15, -0.1) is 0 Å². The molecule has 2 aromatic carbocycles. The molecular formula is C33H48F2N4. The van der Waals surface area contributed by atoms with Crippen molar-refractivity contribution in [2.24, 2.45) is 4.99 Å². The lowest BCUT2D eigenvalue weighted by Gasteiger charge is -2.29. The number of halogens is 2. The van der Waals surface area contributed by atoms with Gasteiger partial charge in [0, 0.05) is 51.3 Å². The van der Waals surface area contributed by atoms with Gasteiger partial charge in [0.05, 0.1) is 0 Å². The van der Waals surface area contributed by atoms with E-state index in [1.165, 1.54) is 65.6 Å². The normalized spacial score (nSPS) is 20.8. The van der Waals surface area contributed by atoms with E-state index in [4.69, 9.17) is 0 Å². The van der Waals surface area contributed by atoms with Crippen molar-refractivity contribution in [1.82, 2.24) is 16.0 Å². The first kappa shape index (κ1) is 31.1. The van der Waals surface area contributed by atoms with E-state index in [0.29, 0.717) is 12.8 Å². The number of fused-ring (bicyclic) bond motifs is 1. The molecule has 0 atom stereocenters. The van der Waals surface area contributed by atoms with Crippen LogP contribution in [0.5, 0.6) is 0 Å². The van der Waals surface area contributed by atoms with Crippen molar-refractivity contribution in [3.05, 3.63) is 82.4 Å². The molecule has 2 saturated carbocycles. The molecule has 0 saturated heterocycles. The average Bonchev–Trinajstić information content (AvgIpc) is 2.98. The first-order valence-corrected chi connectivity index (χ1v) is 14.7. The molecule has 6 heteroatoms. The summed E-state index contributed by atoms with van der Waals surface area (Å²) in [5.41, 5.74) is 8.23. The Bertz CT molecular complexity index is 991. The topological polar surface area (TPSA) is 48.5 Å². The molecule has 2 aliphatic carbocycles. The number of benzene rings is 2. The molecule has 39 heavy (non-hydrogen) atoms. The highest BCUT2D eigenvalue weighted by Crippen LogP contribution is 2.33. The molecule has 0 spiro atoms. The summed E-state index contributed by atoms with van der Waals surface area (Å²) in [5, 5.41) is 9.83. The van der Waals surface area contributed by atoms with E-state index >= 15 is 0 Å². The number of rotatable bonds is 5. The van der Waals surface area contributed by atoms with Gasteiger partial charge in [-0.05, 0) is 93.3 Å². The molecule has 3 N–H and O–H groups in total. The Balaban J connectivity index is 0.000000177. The van der Waals surface area contributed by atoms with Crippen LogP contribution in [0.3, 0.4) is 0 Å². The van der Waals surface area contributed by atoms with Crippen LogP contribution in [0.4, 0.5) is 8.78 Å². The highest BCUT2D eigenvalue weighted by molar-refractivity contribution is 6.00. The lowest BCUT2D eigenvalue weighted by Crippen LogP contribution is -2.36. The molecule has 4 nitrogen and oxygen atoms in total. The fraction of sp³-hybridized carbons (Fsp3) is 0.545. The molecule has 2 fully saturated rings. The van der Waals surface area contributed by atoms with Crippen LogP contribution < -0.4 is 16.0 Å². The second-order valence-corrected chi connectivity index (χ2v) is 10.7. The predicted octanol–water partition coefficient (Wildman–Crippen LogP) is 6.98. The Morgan fingerprint density at radius 3 is 2.15 bits per heavy atom. The SMILES string of the molecule is C/C=C1/CCCCC1=NC.CNCc1ccc(CNC2CCC(F)(F)CC2)cc1.c1ccc2c(c1)CCNC2. The van der Waals surface area contributed by atoms with Crippen molar-refractivity contribution in [2.45, 2.75) is 96.3 Å². The van der Waals surface area contributed by atoms with E-state index in [-0.39, 0.29) is 18.9 Å². The summed E-state index contributed by atoms with van der Waals surface area (Å²) in [6.07, 6.45) is 9.67. The average molecular weight is 539 g/mol. The quantitative estimate of drug-likeness (QED) is 0.385. The molecule has 0 radical (unpaired) electrons. The number of aliphatic imine (C=N–C) groups is 1. The van der Waals surface area contributed by atoms with Gasteiger partial charge in [0.25, 0.3) is 0 Å². The number of nitrogens with zero attached hydrogens (tertiary/aromatic N) is 1. The molecule has 214 valence electrons. The van der Waals surface area contributed by atoms with Crippen LogP contribution >= 0.6 is 0 Å². The Morgan fingerprint density at radius 2 is 1.56 bits per heavy atom. The van der Waals surface area contributed by atoms with Gasteiger partial charge in [-0.25, -0.2) is 8.78 Å². The van der Waals surface area contributed by atoms with Gasteiger partial charge in [0.15, 0.2) is 0 Å². The summed E-state index contributed by atoms with van der Waals surface area (Å²) in [6, 6.07) is 17.3. The fourth-order valence-corrected chi connectivity index (χ4v) is 5.38. The van der Waals surface area contributed by atoms with Crippen molar-refractivity contribution < 1.29 is 8.78 Å². The van der Waals surface area contributed by atoms with Gasteiger partial charge in [0.1, 0.15) is 0 Å². The summed E-state index contributed by atoms with van der Waals surface area (Å²) in [6.45, 7) is 5.92. The van der Waals surface area contributed by atoms with Crippen molar-refractivity contribution in [3.63, 3.8) is 0 Å². The summed E-state index contributed by atoms with van der Waals surface area (Å²) in [4.78, 5) is 4.25. The third kappa shape index (κ3) is 10.9. The molecule has 1 heterocycles. The Hall–Kier alpha value is -2.41. The van der Waals surface area contributed by atoms with Crippen molar-refractivity contribution in [3.8, 4) is 0 Å². The summed E-state index contributed by atoms with van der Waals surface area (Å²) < 4.78 is 26.0. The first-order chi connectivity index (χ1) is 18.9. The second kappa shape index (κ2) is 16.6. The molecule has 2 aromatic rings. The highest BCUT2D eigenvalue weighted by Gasteiger charge is 2.34. The standard InChI is InChI=1S/C15H22F2N2.C9H11N.C9H15N/c1-18-10-12-2-4-13(5-3-12)11-19-14-6-8-15(16,17)9-7-14;1-2-4-9-7-10-6-5-8(9)3-1;1-3-8-6-4-5-7-9(8)10-2/h2-5,14,18-19H,6-11H2,1H3;1-4,10H,5-7H2;3H,4-7H2,1-2H3/b;;8-3-,10-9?. The van der Waals surface area contributed by atoms with Crippen LogP contribution in [0, 0.1) is 0 Å². The molecule has 3 aliphatic rings. The van der Waals surface area contributed by atoms with Crippen LogP contribution in [0.1, 0.15) is 80.5 Å². The Kier molecular flexibility index (Phi) is 13.3. The fourth-order valence-electron chi connectivity index (χ4n) is 5.38. The number of nitrogens with one attached hydrogen (secondary N) is 3. The van der Waals surface area contributed by atoms with Crippen LogP contribution in [-0.2, 0) is 26.1 Å². The zero-order valence-corrected chi connectivity index (χ0v) is 24.2. The van der Waals surface area contributed by atoms with E-state index in [2.05, 4.69) is 82.5 Å². The van der Waals surface area contributed by atoms with Crippen LogP contribution in [0.2, 0.25) is 0 Å². The van der Waals surface area contributed by atoms with Gasteiger partial charge in [0.2, 0.25) is 5.92 Å². The molecule has 1 aliphatic heterocycles. The highest BCUT2D eigenvalue weighted by atomic mass is 19.3. The van der Waals surface area contributed by atoms with E-state index in [1.54, 1.807) is 0 Å². The minimum atomic E-state index is -2.44. The van der Waals surface area contributed by atoms with Crippen molar-refractivity contribution in [1.29, 1.82) is 0 Å². The largest absolute Gasteiger partial charge is 0.316 e. The van der Waals surface area contributed by atoms with Gasteiger partial charge < -0.3 is 16.0 Å². The monoisotopic (exact) mass is 538 g/mol. The molecule has 0 amide bonds. The third-order valence-electron chi connectivity index (χ3n) is 7.82. The number of hydrogen-bond acceptors (Lipinski definition) is 4. The maximum Gasteiger partial charge on any atom is 0.248 e. The Morgan fingerprint density at radius 1 is 0.923 bits per heavy atom. The van der Waals surface area contributed by atoms with E-state index < -0.39 is 5.92 Å². The number of hydrogen-bond donors (Lipinski definition) is 3. The van der Waals surface area contributed by atoms with Gasteiger partial charge in [-0.1, -0.05) is 54.6 Å². The Labute approximate surface area is 234 Å². The minimum absolute atomic E-state index is 0.0196. The van der Waals surface area contributed by atoms with Crippen LogP contribution in [-0.4, -0.2) is 38.3 Å². The zero-order valence-electron chi connectivity index (χ0n) is 24.2. The molecule has 5 rings (SSSR count). The number of allylic oxidation sites excluding steroid dienone is 2. The maximum atomic E-state index is 13.0. The lowest BCUT2D eigenvalue weighted by molar-refractivity contribution is -0.0405. The van der Waals surface area contributed by atoms with Gasteiger partial charge in [-0.2, -0.15) is 0 Å². The molecule has 0 unspecified atom stereocenters. The molecular weight excluding hydrogens is 490 g/mol. The molecule has 0 aromatic heterocycles. The molecule has 0 bridgehead atoms. The zero-order chi connectivity index (χ0) is 27.9. The predicted molar refractivity (Wildman–Crippen MR) is 161 cm³/mol. The summed E-state index contributed by atoms with van der Waals surface area (Å²) in [5.74, 6) is -2.44. The van der Waals surface area contributed by atoms with E-state index in [0.717, 1.165) is 26.2 Å². The van der Waals surface area contributed by atoms with E-state index in [1.807, 2.05) is 14.1 Å². The second-order valence-electron chi connectivity index (χ2n) is 10.7. The summed E-state index contributed by atoms with van der Waals surface area (Å²) >= 11 is 0. The van der Waals surface area contributed by atoms with Crippen LogP contribution in [0.15, 0.2) is 65.2 Å².